The molecule has 1 aromatic heterocycles. The first-order valence-corrected chi connectivity index (χ1v) is 5.80. The summed E-state index contributed by atoms with van der Waals surface area (Å²) < 4.78 is 0. The number of aromatic nitrogens is 2. The lowest BCUT2D eigenvalue weighted by Gasteiger charge is -2.28. The zero-order valence-corrected chi connectivity index (χ0v) is 11.3. The summed E-state index contributed by atoms with van der Waals surface area (Å²) in [5.74, 6) is 0.927. The molecule has 1 heterocycles. The minimum absolute atomic E-state index is 0.0880. The van der Waals surface area contributed by atoms with E-state index in [1.807, 2.05) is 11.8 Å². The van der Waals surface area contributed by atoms with Gasteiger partial charge in [-0.05, 0) is 12.8 Å². The standard InChI is InChI=1S/C11H19N5O2/c1-7(2)8(3)15(5)11-9(16(17)18)10(12-4)13-6-14-11/h6-8H,1-5H3,(H,12,13,14). The van der Waals surface area contributed by atoms with Crippen LogP contribution in [0.5, 0.6) is 0 Å². The van der Waals surface area contributed by atoms with Crippen molar-refractivity contribution >= 4 is 17.3 Å². The van der Waals surface area contributed by atoms with Crippen molar-refractivity contribution in [3.05, 3.63) is 16.4 Å². The molecule has 0 aliphatic carbocycles. The van der Waals surface area contributed by atoms with E-state index in [1.165, 1.54) is 6.33 Å². The van der Waals surface area contributed by atoms with Gasteiger partial charge in [-0.1, -0.05) is 13.8 Å². The van der Waals surface area contributed by atoms with Crippen molar-refractivity contribution in [2.24, 2.45) is 5.92 Å². The van der Waals surface area contributed by atoms with E-state index in [2.05, 4.69) is 29.1 Å². The monoisotopic (exact) mass is 253 g/mol. The Kier molecular flexibility index (Phi) is 4.41. The second-order valence-electron chi connectivity index (χ2n) is 4.50. The molecule has 7 heteroatoms. The molecule has 1 rings (SSSR count). The van der Waals surface area contributed by atoms with Crippen molar-refractivity contribution in [1.82, 2.24) is 9.97 Å². The molecule has 0 spiro atoms. The van der Waals surface area contributed by atoms with Gasteiger partial charge in [0.15, 0.2) is 0 Å². The molecular formula is C11H19N5O2. The van der Waals surface area contributed by atoms with Crippen LogP contribution >= 0.6 is 0 Å². The van der Waals surface area contributed by atoms with Crippen LogP contribution in [-0.2, 0) is 0 Å². The summed E-state index contributed by atoms with van der Waals surface area (Å²) >= 11 is 0. The molecule has 7 nitrogen and oxygen atoms in total. The van der Waals surface area contributed by atoms with E-state index in [0.29, 0.717) is 11.7 Å². The van der Waals surface area contributed by atoms with Gasteiger partial charge in [0.2, 0.25) is 11.6 Å². The lowest BCUT2D eigenvalue weighted by molar-refractivity contribution is -0.383. The highest BCUT2D eigenvalue weighted by molar-refractivity contribution is 5.70. The molecule has 1 aromatic rings. The van der Waals surface area contributed by atoms with Gasteiger partial charge in [0.25, 0.3) is 0 Å². The van der Waals surface area contributed by atoms with Gasteiger partial charge in [-0.25, -0.2) is 9.97 Å². The van der Waals surface area contributed by atoms with Gasteiger partial charge in [-0.2, -0.15) is 0 Å². The minimum atomic E-state index is -0.454. The van der Waals surface area contributed by atoms with Crippen LogP contribution in [0.3, 0.4) is 0 Å². The molecule has 0 saturated heterocycles. The Balaban J connectivity index is 3.27. The van der Waals surface area contributed by atoms with Crippen LogP contribution in [0.15, 0.2) is 6.33 Å². The summed E-state index contributed by atoms with van der Waals surface area (Å²) in [4.78, 5) is 20.4. The van der Waals surface area contributed by atoms with Crippen LogP contribution in [0.2, 0.25) is 0 Å². The predicted octanol–water partition coefficient (Wildman–Crippen LogP) is 1.91. The van der Waals surface area contributed by atoms with Crippen molar-refractivity contribution in [1.29, 1.82) is 0 Å². The first-order chi connectivity index (χ1) is 8.40. The molecule has 0 aliphatic rings. The Bertz CT molecular complexity index is 435. The van der Waals surface area contributed by atoms with Gasteiger partial charge < -0.3 is 10.2 Å². The third-order valence-corrected chi connectivity index (χ3v) is 3.13. The molecule has 100 valence electrons. The molecule has 0 fully saturated rings. The highest BCUT2D eigenvalue weighted by atomic mass is 16.6. The van der Waals surface area contributed by atoms with Gasteiger partial charge in [0.1, 0.15) is 6.33 Å². The number of anilines is 2. The van der Waals surface area contributed by atoms with Crippen molar-refractivity contribution in [3.63, 3.8) is 0 Å². The highest BCUT2D eigenvalue weighted by Gasteiger charge is 2.27. The van der Waals surface area contributed by atoms with Crippen LogP contribution in [0.25, 0.3) is 0 Å². The van der Waals surface area contributed by atoms with Gasteiger partial charge in [0.05, 0.1) is 4.92 Å². The van der Waals surface area contributed by atoms with Crippen molar-refractivity contribution in [2.75, 3.05) is 24.3 Å². The maximum Gasteiger partial charge on any atom is 0.353 e. The van der Waals surface area contributed by atoms with Crippen LogP contribution < -0.4 is 10.2 Å². The summed E-state index contributed by atoms with van der Waals surface area (Å²) in [6, 6.07) is 0.142. The molecule has 1 atom stereocenters. The zero-order valence-electron chi connectivity index (χ0n) is 11.3. The first kappa shape index (κ1) is 14.1. The lowest BCUT2D eigenvalue weighted by atomic mass is 10.1. The number of rotatable bonds is 5. The number of hydrogen-bond acceptors (Lipinski definition) is 6. The Labute approximate surface area is 106 Å². The van der Waals surface area contributed by atoms with Crippen molar-refractivity contribution < 1.29 is 4.92 Å². The van der Waals surface area contributed by atoms with E-state index in [-0.39, 0.29) is 17.5 Å². The highest BCUT2D eigenvalue weighted by Crippen LogP contribution is 2.32. The van der Waals surface area contributed by atoms with E-state index in [9.17, 15) is 10.1 Å². The smallest absolute Gasteiger partial charge is 0.353 e. The molecule has 1 N–H and O–H groups in total. The second-order valence-corrected chi connectivity index (χ2v) is 4.50. The number of nitro groups is 1. The zero-order chi connectivity index (χ0) is 13.9. The fraction of sp³-hybridized carbons (Fsp3) is 0.636. The third-order valence-electron chi connectivity index (χ3n) is 3.13. The van der Waals surface area contributed by atoms with Gasteiger partial charge in [-0.15, -0.1) is 0 Å². The van der Waals surface area contributed by atoms with E-state index in [1.54, 1.807) is 14.1 Å². The Morgan fingerprint density at radius 3 is 2.44 bits per heavy atom. The molecule has 0 amide bonds. The maximum atomic E-state index is 11.2. The number of hydrogen-bond donors (Lipinski definition) is 1. The normalized spacial score (nSPS) is 12.3. The summed E-state index contributed by atoms with van der Waals surface area (Å²) in [6.07, 6.45) is 1.33. The van der Waals surface area contributed by atoms with Crippen molar-refractivity contribution in [2.45, 2.75) is 26.8 Å². The quantitative estimate of drug-likeness (QED) is 0.637. The van der Waals surface area contributed by atoms with E-state index in [4.69, 9.17) is 0 Å². The van der Waals surface area contributed by atoms with Crippen LogP contribution in [0.1, 0.15) is 20.8 Å². The molecule has 0 aliphatic heterocycles. The molecule has 0 radical (unpaired) electrons. The lowest BCUT2D eigenvalue weighted by Crippen LogP contribution is -2.34. The largest absolute Gasteiger partial charge is 0.367 e. The summed E-state index contributed by atoms with van der Waals surface area (Å²) in [5, 5.41) is 13.9. The first-order valence-electron chi connectivity index (χ1n) is 5.80. The Morgan fingerprint density at radius 1 is 1.39 bits per heavy atom. The predicted molar refractivity (Wildman–Crippen MR) is 70.9 cm³/mol. The molecule has 0 aromatic carbocycles. The third kappa shape index (κ3) is 2.66. The van der Waals surface area contributed by atoms with Crippen LogP contribution in [-0.4, -0.2) is 35.0 Å². The van der Waals surface area contributed by atoms with E-state index in [0.717, 1.165) is 0 Å². The fourth-order valence-corrected chi connectivity index (χ4v) is 1.62. The SMILES string of the molecule is CNc1ncnc(N(C)C(C)C(C)C)c1[N+](=O)[O-]. The van der Waals surface area contributed by atoms with E-state index < -0.39 is 4.92 Å². The minimum Gasteiger partial charge on any atom is -0.367 e. The van der Waals surface area contributed by atoms with E-state index >= 15 is 0 Å². The average molecular weight is 253 g/mol. The second kappa shape index (κ2) is 5.61. The molecule has 1 unspecified atom stereocenters. The van der Waals surface area contributed by atoms with Crippen molar-refractivity contribution in [3.8, 4) is 0 Å². The van der Waals surface area contributed by atoms with Gasteiger partial charge >= 0.3 is 5.69 Å². The molecule has 18 heavy (non-hydrogen) atoms. The molecule has 0 saturated carbocycles. The fourth-order valence-electron chi connectivity index (χ4n) is 1.62. The summed E-state index contributed by atoms with van der Waals surface area (Å²) in [7, 11) is 3.41. The number of nitrogens with zero attached hydrogens (tertiary/aromatic N) is 4. The van der Waals surface area contributed by atoms with Gasteiger partial charge in [0, 0.05) is 20.1 Å². The Morgan fingerprint density at radius 2 is 2.00 bits per heavy atom. The topological polar surface area (TPSA) is 84.2 Å². The van der Waals surface area contributed by atoms with Gasteiger partial charge in [-0.3, -0.25) is 10.1 Å². The average Bonchev–Trinajstić information content (AvgIpc) is 2.35. The maximum absolute atomic E-state index is 11.2. The Hall–Kier alpha value is -1.92. The summed E-state index contributed by atoms with van der Waals surface area (Å²) in [6.45, 7) is 6.13. The molecule has 0 bridgehead atoms. The van der Waals surface area contributed by atoms with Crippen LogP contribution in [0.4, 0.5) is 17.3 Å². The summed E-state index contributed by atoms with van der Waals surface area (Å²) in [5.41, 5.74) is -0.0880. The molecular weight excluding hydrogens is 234 g/mol. The number of nitrogens with one attached hydrogen (secondary N) is 1. The van der Waals surface area contributed by atoms with Crippen LogP contribution in [0, 0.1) is 16.0 Å².